The highest BCUT2D eigenvalue weighted by atomic mass is 35.5. The van der Waals surface area contributed by atoms with Gasteiger partial charge in [-0.15, -0.1) is 11.8 Å². The normalized spacial score (nSPS) is 10.3. The average Bonchev–Trinajstić information content (AvgIpc) is 2.55. The van der Waals surface area contributed by atoms with E-state index in [1.807, 2.05) is 6.26 Å². The van der Waals surface area contributed by atoms with Gasteiger partial charge in [0.1, 0.15) is 5.75 Å². The van der Waals surface area contributed by atoms with E-state index in [1.54, 1.807) is 36.4 Å². The fourth-order valence-corrected chi connectivity index (χ4v) is 2.89. The molecule has 0 atom stereocenters. The molecule has 0 fully saturated rings. The lowest BCUT2D eigenvalue weighted by Crippen LogP contribution is -2.13. The van der Waals surface area contributed by atoms with E-state index in [1.165, 1.54) is 18.7 Å². The first-order valence-electron chi connectivity index (χ1n) is 6.97. The number of amides is 1. The number of nitrogens with one attached hydrogen (secondary N) is 1. The summed E-state index contributed by atoms with van der Waals surface area (Å²) in [7, 11) is 0. The van der Waals surface area contributed by atoms with Crippen LogP contribution in [0.2, 0.25) is 10.0 Å². The summed E-state index contributed by atoms with van der Waals surface area (Å²) < 4.78 is 5.46. The number of benzene rings is 2. The quantitative estimate of drug-likeness (QED) is 0.567. The Labute approximate surface area is 154 Å². The van der Waals surface area contributed by atoms with E-state index in [2.05, 4.69) is 5.32 Å². The lowest BCUT2D eigenvalue weighted by molar-refractivity contribution is -0.114. The number of anilines is 1. The molecule has 0 radical (unpaired) electrons. The number of halogens is 2. The van der Waals surface area contributed by atoms with E-state index in [-0.39, 0.29) is 18.3 Å². The molecular formula is C17H15Cl2NO3S. The van der Waals surface area contributed by atoms with Gasteiger partial charge in [-0.25, -0.2) is 0 Å². The molecule has 0 spiro atoms. The number of hydrogen-bond donors (Lipinski definition) is 1. The molecule has 4 nitrogen and oxygen atoms in total. The van der Waals surface area contributed by atoms with Crippen LogP contribution in [0.3, 0.4) is 0 Å². The minimum Gasteiger partial charge on any atom is -0.484 e. The molecule has 0 bridgehead atoms. The van der Waals surface area contributed by atoms with Crippen molar-refractivity contribution in [2.45, 2.75) is 11.8 Å². The zero-order chi connectivity index (χ0) is 17.7. The van der Waals surface area contributed by atoms with Gasteiger partial charge in [0, 0.05) is 28.5 Å². The van der Waals surface area contributed by atoms with Crippen LogP contribution in [0.5, 0.6) is 5.75 Å². The van der Waals surface area contributed by atoms with Crippen LogP contribution in [-0.2, 0) is 4.79 Å². The maximum Gasteiger partial charge on any atom is 0.221 e. The van der Waals surface area contributed by atoms with Crippen molar-refractivity contribution in [2.24, 2.45) is 0 Å². The molecule has 0 heterocycles. The molecular weight excluding hydrogens is 369 g/mol. The van der Waals surface area contributed by atoms with E-state index in [4.69, 9.17) is 27.9 Å². The van der Waals surface area contributed by atoms with Gasteiger partial charge in [-0.2, -0.15) is 0 Å². The number of Topliss-reactive ketones (excluding diaryl/α,β-unsaturated/α-hetero) is 1. The highest BCUT2D eigenvalue weighted by Crippen LogP contribution is 2.29. The predicted octanol–water partition coefficient (Wildman–Crippen LogP) is 4.94. The Hall–Kier alpha value is -1.69. The number of ether oxygens (including phenoxy) is 1. The van der Waals surface area contributed by atoms with Crippen LogP contribution in [0.4, 0.5) is 5.69 Å². The monoisotopic (exact) mass is 383 g/mol. The molecule has 2 aromatic rings. The van der Waals surface area contributed by atoms with Gasteiger partial charge in [-0.05, 0) is 36.6 Å². The van der Waals surface area contributed by atoms with Crippen LogP contribution in [0.15, 0.2) is 41.3 Å². The highest BCUT2D eigenvalue weighted by molar-refractivity contribution is 7.98. The van der Waals surface area contributed by atoms with Crippen molar-refractivity contribution in [3.63, 3.8) is 0 Å². The van der Waals surface area contributed by atoms with Crippen molar-refractivity contribution in [1.29, 1.82) is 0 Å². The SMILES string of the molecule is CSc1cc(C(=O)COc2cc(Cl)ccc2Cl)ccc1NC(C)=O. The zero-order valence-corrected chi connectivity index (χ0v) is 15.4. The number of thioether (sulfide) groups is 1. The summed E-state index contributed by atoms with van der Waals surface area (Å²) >= 11 is 13.3. The fourth-order valence-electron chi connectivity index (χ4n) is 1.97. The van der Waals surface area contributed by atoms with Gasteiger partial charge in [0.15, 0.2) is 12.4 Å². The van der Waals surface area contributed by atoms with Crippen molar-refractivity contribution in [3.8, 4) is 5.75 Å². The molecule has 0 saturated carbocycles. The van der Waals surface area contributed by atoms with Gasteiger partial charge in [0.25, 0.3) is 0 Å². The Morgan fingerprint density at radius 1 is 1.17 bits per heavy atom. The third-order valence-corrected chi connectivity index (χ3v) is 4.41. The highest BCUT2D eigenvalue weighted by Gasteiger charge is 2.12. The smallest absolute Gasteiger partial charge is 0.221 e. The maximum atomic E-state index is 12.3. The lowest BCUT2D eigenvalue weighted by atomic mass is 10.1. The summed E-state index contributed by atoms with van der Waals surface area (Å²) in [6.07, 6.45) is 1.87. The van der Waals surface area contributed by atoms with Gasteiger partial charge >= 0.3 is 0 Å². The summed E-state index contributed by atoms with van der Waals surface area (Å²) in [4.78, 5) is 24.3. The number of carbonyl (C=O) groups excluding carboxylic acids is 2. The molecule has 0 aliphatic carbocycles. The number of hydrogen-bond acceptors (Lipinski definition) is 4. The van der Waals surface area contributed by atoms with E-state index in [0.29, 0.717) is 27.0 Å². The van der Waals surface area contributed by atoms with Crippen molar-refractivity contribution in [1.82, 2.24) is 0 Å². The third kappa shape index (κ3) is 4.90. The van der Waals surface area contributed by atoms with Gasteiger partial charge in [-0.1, -0.05) is 23.2 Å². The summed E-state index contributed by atoms with van der Waals surface area (Å²) in [5, 5.41) is 3.59. The molecule has 7 heteroatoms. The second-order valence-electron chi connectivity index (χ2n) is 4.88. The Morgan fingerprint density at radius 3 is 2.58 bits per heavy atom. The summed E-state index contributed by atoms with van der Waals surface area (Å²) in [6.45, 7) is 1.28. The predicted molar refractivity (Wildman–Crippen MR) is 98.8 cm³/mol. The zero-order valence-electron chi connectivity index (χ0n) is 13.1. The standard InChI is InChI=1S/C17H15Cl2NO3S/c1-10(21)20-14-6-3-11(7-17(14)24-2)15(22)9-23-16-8-12(18)4-5-13(16)19/h3-8H,9H2,1-2H3,(H,20,21). The maximum absolute atomic E-state index is 12.3. The van der Waals surface area contributed by atoms with Crippen LogP contribution >= 0.6 is 35.0 Å². The molecule has 1 N–H and O–H groups in total. The van der Waals surface area contributed by atoms with Gasteiger partial charge in [0.2, 0.25) is 5.91 Å². The average molecular weight is 384 g/mol. The molecule has 0 aliphatic heterocycles. The van der Waals surface area contributed by atoms with E-state index < -0.39 is 0 Å². The second-order valence-corrected chi connectivity index (χ2v) is 6.57. The lowest BCUT2D eigenvalue weighted by Gasteiger charge is -2.11. The minimum atomic E-state index is -0.198. The summed E-state index contributed by atoms with van der Waals surface area (Å²) in [5.41, 5.74) is 1.16. The first kappa shape index (κ1) is 18.6. The Morgan fingerprint density at radius 2 is 1.92 bits per heavy atom. The number of ketones is 1. The van der Waals surface area contributed by atoms with Crippen molar-refractivity contribution >= 4 is 52.3 Å². The summed E-state index contributed by atoms with van der Waals surface area (Å²) in [6, 6.07) is 9.89. The molecule has 0 aromatic heterocycles. The molecule has 126 valence electrons. The molecule has 0 aliphatic rings. The summed E-state index contributed by atoms with van der Waals surface area (Å²) in [5.74, 6) is -0.00324. The minimum absolute atomic E-state index is 0.159. The first-order valence-corrected chi connectivity index (χ1v) is 8.95. The van der Waals surface area contributed by atoms with Gasteiger partial charge < -0.3 is 10.1 Å². The van der Waals surface area contributed by atoms with Crippen molar-refractivity contribution in [2.75, 3.05) is 18.2 Å². The van der Waals surface area contributed by atoms with Crippen LogP contribution < -0.4 is 10.1 Å². The largest absolute Gasteiger partial charge is 0.484 e. The Balaban J connectivity index is 2.12. The van der Waals surface area contributed by atoms with Crippen molar-refractivity contribution in [3.05, 3.63) is 52.0 Å². The Kier molecular flexibility index (Phi) is 6.54. The molecule has 2 aromatic carbocycles. The molecule has 0 unspecified atom stereocenters. The second kappa shape index (κ2) is 8.42. The molecule has 0 saturated heterocycles. The van der Waals surface area contributed by atoms with Crippen LogP contribution in [0, 0.1) is 0 Å². The third-order valence-electron chi connectivity index (χ3n) is 3.09. The van der Waals surface area contributed by atoms with E-state index in [9.17, 15) is 9.59 Å². The first-order chi connectivity index (χ1) is 11.4. The molecule has 24 heavy (non-hydrogen) atoms. The topological polar surface area (TPSA) is 55.4 Å². The van der Waals surface area contributed by atoms with Crippen LogP contribution in [0.25, 0.3) is 0 Å². The molecule has 2 rings (SSSR count). The van der Waals surface area contributed by atoms with E-state index in [0.717, 1.165) is 4.90 Å². The number of carbonyl (C=O) groups is 2. The van der Waals surface area contributed by atoms with Crippen LogP contribution in [-0.4, -0.2) is 24.6 Å². The fraction of sp³-hybridized carbons (Fsp3) is 0.176. The van der Waals surface area contributed by atoms with Crippen molar-refractivity contribution < 1.29 is 14.3 Å². The van der Waals surface area contributed by atoms with E-state index >= 15 is 0 Å². The Bertz CT molecular complexity index is 780. The number of rotatable bonds is 6. The van der Waals surface area contributed by atoms with Gasteiger partial charge in [-0.3, -0.25) is 9.59 Å². The van der Waals surface area contributed by atoms with Crippen LogP contribution in [0.1, 0.15) is 17.3 Å². The molecule has 1 amide bonds. The van der Waals surface area contributed by atoms with Gasteiger partial charge in [0.05, 0.1) is 10.7 Å².